The molecule has 5 nitrogen and oxygen atoms in total. The summed E-state index contributed by atoms with van der Waals surface area (Å²) in [7, 11) is 0. The smallest absolute Gasteiger partial charge is 0.237 e. The summed E-state index contributed by atoms with van der Waals surface area (Å²) in [6, 6.07) is 7.44. The minimum atomic E-state index is -0.571. The van der Waals surface area contributed by atoms with Gasteiger partial charge in [-0.3, -0.25) is 4.79 Å². The van der Waals surface area contributed by atoms with Gasteiger partial charge in [-0.05, 0) is 24.5 Å². The van der Waals surface area contributed by atoms with E-state index in [1.807, 2.05) is 35.8 Å². The number of hydrogen-bond acceptors (Lipinski definition) is 4. The van der Waals surface area contributed by atoms with Gasteiger partial charge in [0.25, 0.3) is 0 Å². The third-order valence-corrected chi connectivity index (χ3v) is 4.84. The summed E-state index contributed by atoms with van der Waals surface area (Å²) in [5.41, 5.74) is 9.06. The van der Waals surface area contributed by atoms with E-state index < -0.39 is 6.04 Å². The number of halogens is 2. The fraction of sp³-hybridized carbons (Fsp3) is 0.294. The molecule has 4 N–H and O–H groups in total. The van der Waals surface area contributed by atoms with E-state index in [9.17, 15) is 4.79 Å². The molecular formula is C17H22Cl2N4OS. The summed E-state index contributed by atoms with van der Waals surface area (Å²) in [5, 5.41) is 7.04. The number of rotatable bonds is 6. The van der Waals surface area contributed by atoms with Crippen LogP contribution in [0.3, 0.4) is 0 Å². The molecule has 136 valence electrons. The van der Waals surface area contributed by atoms with E-state index in [1.165, 1.54) is 0 Å². The van der Waals surface area contributed by atoms with Gasteiger partial charge in [-0.1, -0.05) is 25.1 Å². The second-order valence-electron chi connectivity index (χ2n) is 5.47. The minimum Gasteiger partial charge on any atom is -0.361 e. The molecule has 8 heteroatoms. The Kier molecular flexibility index (Phi) is 8.38. The highest BCUT2D eigenvalue weighted by Crippen LogP contribution is 2.18. The standard InChI is InChI=1S/C17H20N4OS.2ClH/c1-2-16-21-12(10-23-16)9-20-17(22)14(18)7-11-8-19-15-6-4-3-5-13(11)15;;/h3-6,8,10,14,19H,2,7,9,18H2,1H3,(H,20,22);2*1H/t14-;;/m0../s1. The van der Waals surface area contributed by atoms with Crippen molar-refractivity contribution in [2.45, 2.75) is 32.4 Å². The molecule has 0 spiro atoms. The Morgan fingerprint density at radius 1 is 1.36 bits per heavy atom. The fourth-order valence-corrected chi connectivity index (χ4v) is 3.28. The van der Waals surface area contributed by atoms with E-state index in [2.05, 4.69) is 22.2 Å². The molecule has 1 aromatic carbocycles. The third kappa shape index (κ3) is 5.19. The van der Waals surface area contributed by atoms with Crippen molar-refractivity contribution in [3.63, 3.8) is 0 Å². The van der Waals surface area contributed by atoms with Crippen LogP contribution in [-0.4, -0.2) is 21.9 Å². The lowest BCUT2D eigenvalue weighted by Crippen LogP contribution is -2.41. The zero-order valence-corrected chi connectivity index (χ0v) is 16.3. The number of H-pyrrole nitrogens is 1. The summed E-state index contributed by atoms with van der Waals surface area (Å²) < 4.78 is 0. The third-order valence-electron chi connectivity index (χ3n) is 3.80. The van der Waals surface area contributed by atoms with Gasteiger partial charge in [-0.25, -0.2) is 4.98 Å². The quantitative estimate of drug-likeness (QED) is 0.593. The van der Waals surface area contributed by atoms with Gasteiger partial charge in [0, 0.05) is 22.5 Å². The van der Waals surface area contributed by atoms with Crippen molar-refractivity contribution in [1.82, 2.24) is 15.3 Å². The molecule has 0 aliphatic carbocycles. The Morgan fingerprint density at radius 2 is 2.12 bits per heavy atom. The molecule has 1 atom stereocenters. The highest BCUT2D eigenvalue weighted by Gasteiger charge is 2.16. The normalized spacial score (nSPS) is 11.4. The number of fused-ring (bicyclic) bond motifs is 1. The maximum absolute atomic E-state index is 12.2. The Morgan fingerprint density at radius 3 is 2.84 bits per heavy atom. The van der Waals surface area contributed by atoms with E-state index in [-0.39, 0.29) is 30.7 Å². The van der Waals surface area contributed by atoms with Crippen molar-refractivity contribution < 1.29 is 4.79 Å². The number of carbonyl (C=O) groups excluding carboxylic acids is 1. The van der Waals surface area contributed by atoms with Crippen LogP contribution >= 0.6 is 36.2 Å². The van der Waals surface area contributed by atoms with Crippen LogP contribution in [0.5, 0.6) is 0 Å². The molecule has 3 aromatic rings. The number of nitrogens with zero attached hydrogens (tertiary/aromatic N) is 1. The van der Waals surface area contributed by atoms with Gasteiger partial charge in [0.1, 0.15) is 0 Å². The maximum atomic E-state index is 12.2. The predicted molar refractivity (Wildman–Crippen MR) is 108 cm³/mol. The Hall–Kier alpha value is -1.60. The van der Waals surface area contributed by atoms with Crippen LogP contribution in [0.15, 0.2) is 35.8 Å². The first-order chi connectivity index (χ1) is 11.2. The van der Waals surface area contributed by atoms with Gasteiger partial charge in [0.05, 0.1) is 23.3 Å². The maximum Gasteiger partial charge on any atom is 0.237 e. The average molecular weight is 401 g/mol. The van der Waals surface area contributed by atoms with E-state index >= 15 is 0 Å². The summed E-state index contributed by atoms with van der Waals surface area (Å²) in [5.74, 6) is -0.152. The van der Waals surface area contributed by atoms with Gasteiger partial charge < -0.3 is 16.0 Å². The first-order valence-electron chi connectivity index (χ1n) is 7.69. The molecular weight excluding hydrogens is 379 g/mol. The van der Waals surface area contributed by atoms with E-state index in [1.54, 1.807) is 11.3 Å². The molecule has 3 rings (SSSR count). The molecule has 2 aromatic heterocycles. The molecule has 0 fully saturated rings. The van der Waals surface area contributed by atoms with Crippen molar-refractivity contribution in [2.75, 3.05) is 0 Å². The molecule has 0 unspecified atom stereocenters. The predicted octanol–water partition coefficient (Wildman–Crippen LogP) is 3.22. The van der Waals surface area contributed by atoms with Crippen molar-refractivity contribution >= 4 is 53.0 Å². The van der Waals surface area contributed by atoms with Crippen molar-refractivity contribution in [3.8, 4) is 0 Å². The SMILES string of the molecule is CCc1nc(CNC(=O)[C@@H](N)Cc2c[nH]c3ccccc23)cs1.Cl.Cl. The number of hydrogen-bond donors (Lipinski definition) is 3. The lowest BCUT2D eigenvalue weighted by molar-refractivity contribution is -0.122. The van der Waals surface area contributed by atoms with Crippen LogP contribution in [0.2, 0.25) is 0 Å². The van der Waals surface area contributed by atoms with E-state index in [4.69, 9.17) is 5.73 Å². The second kappa shape index (κ2) is 9.77. The summed E-state index contributed by atoms with van der Waals surface area (Å²) in [6.45, 7) is 2.50. The van der Waals surface area contributed by atoms with Crippen LogP contribution in [0.4, 0.5) is 0 Å². The molecule has 1 amide bonds. The number of thiazole rings is 1. The van der Waals surface area contributed by atoms with Crippen molar-refractivity contribution in [1.29, 1.82) is 0 Å². The molecule has 25 heavy (non-hydrogen) atoms. The largest absolute Gasteiger partial charge is 0.361 e. The minimum absolute atomic E-state index is 0. The Balaban J connectivity index is 0.00000156. The van der Waals surface area contributed by atoms with Crippen LogP contribution in [0, 0.1) is 0 Å². The molecule has 0 bridgehead atoms. The molecule has 0 radical (unpaired) electrons. The summed E-state index contributed by atoms with van der Waals surface area (Å²) in [6.07, 6.45) is 3.34. The number of aromatic nitrogens is 2. The first kappa shape index (κ1) is 21.4. The average Bonchev–Trinajstić information content (AvgIpc) is 3.20. The zero-order valence-electron chi connectivity index (χ0n) is 13.8. The number of nitrogens with two attached hydrogens (primary N) is 1. The fourth-order valence-electron chi connectivity index (χ4n) is 2.53. The monoisotopic (exact) mass is 400 g/mol. The Bertz CT molecular complexity index is 818. The van der Waals surface area contributed by atoms with Gasteiger partial charge >= 0.3 is 0 Å². The van der Waals surface area contributed by atoms with Crippen LogP contribution < -0.4 is 11.1 Å². The summed E-state index contributed by atoms with van der Waals surface area (Å²) >= 11 is 1.62. The number of carbonyl (C=O) groups is 1. The van der Waals surface area contributed by atoms with Gasteiger partial charge in [0.2, 0.25) is 5.91 Å². The molecule has 0 aliphatic heterocycles. The number of benzene rings is 1. The first-order valence-corrected chi connectivity index (χ1v) is 8.57. The highest BCUT2D eigenvalue weighted by molar-refractivity contribution is 7.09. The number of para-hydroxylation sites is 1. The Labute approximate surface area is 163 Å². The molecule has 2 heterocycles. The molecule has 0 saturated heterocycles. The van der Waals surface area contributed by atoms with Crippen molar-refractivity contribution in [3.05, 3.63) is 52.1 Å². The number of aryl methyl sites for hydroxylation is 1. The number of nitrogens with one attached hydrogen (secondary N) is 2. The lowest BCUT2D eigenvalue weighted by atomic mass is 10.1. The van der Waals surface area contributed by atoms with Crippen LogP contribution in [0.1, 0.15) is 23.2 Å². The lowest BCUT2D eigenvalue weighted by Gasteiger charge is -2.11. The van der Waals surface area contributed by atoms with Gasteiger partial charge in [-0.2, -0.15) is 0 Å². The number of amides is 1. The van der Waals surface area contributed by atoms with Gasteiger partial charge in [-0.15, -0.1) is 36.2 Å². The summed E-state index contributed by atoms with van der Waals surface area (Å²) in [4.78, 5) is 19.8. The number of aromatic amines is 1. The van der Waals surface area contributed by atoms with Crippen LogP contribution in [-0.2, 0) is 24.2 Å². The van der Waals surface area contributed by atoms with E-state index in [0.29, 0.717) is 13.0 Å². The van der Waals surface area contributed by atoms with Crippen molar-refractivity contribution in [2.24, 2.45) is 5.73 Å². The zero-order chi connectivity index (χ0) is 16.2. The van der Waals surface area contributed by atoms with E-state index in [0.717, 1.165) is 33.6 Å². The second-order valence-corrected chi connectivity index (χ2v) is 6.42. The molecule has 0 aliphatic rings. The topological polar surface area (TPSA) is 83.8 Å². The molecule has 0 saturated carbocycles. The highest BCUT2D eigenvalue weighted by atomic mass is 35.5. The van der Waals surface area contributed by atoms with Gasteiger partial charge in [0.15, 0.2) is 0 Å². The van der Waals surface area contributed by atoms with Crippen LogP contribution in [0.25, 0.3) is 10.9 Å².